The molecule has 1 aromatic rings. The summed E-state index contributed by atoms with van der Waals surface area (Å²) in [7, 11) is 0. The van der Waals surface area contributed by atoms with Gasteiger partial charge >= 0.3 is 109 Å². The summed E-state index contributed by atoms with van der Waals surface area (Å²) < 4.78 is 4.63. The first-order valence-corrected chi connectivity index (χ1v) is 8.53. The Hall–Kier alpha value is -0.470. The van der Waals surface area contributed by atoms with E-state index in [1.807, 2.05) is 18.2 Å². The second-order valence-electron chi connectivity index (χ2n) is 3.58. The number of aliphatic hydroxyl groups excluding tert-OH is 1. The van der Waals surface area contributed by atoms with Crippen LogP contribution in [0.2, 0.25) is 4.47 Å². The molecular weight excluding hydrogens is 312 g/mol. The molecule has 0 spiro atoms. The predicted octanol–water partition coefficient (Wildman–Crippen LogP) is 2.67. The van der Waals surface area contributed by atoms with E-state index in [-0.39, 0.29) is 20.9 Å². The Morgan fingerprint density at radius 2 is 1.75 bits per heavy atom. The average Bonchev–Trinajstić information content (AvgIpc) is 2.34. The van der Waals surface area contributed by atoms with Crippen LogP contribution < -0.4 is 0 Å². The average molecular weight is 330 g/mol. The molecule has 0 unspecified atom stereocenters. The van der Waals surface area contributed by atoms with Crippen molar-refractivity contribution in [3.8, 4) is 9.89 Å². The first-order valence-electron chi connectivity index (χ1n) is 5.72. The molecule has 86 valence electrons. The minimum atomic E-state index is -0.115. The maximum absolute atomic E-state index is 8.62. The van der Waals surface area contributed by atoms with Gasteiger partial charge in [0.25, 0.3) is 0 Å². The summed E-state index contributed by atoms with van der Waals surface area (Å²) in [6.45, 7) is 0.338. The van der Waals surface area contributed by atoms with E-state index < -0.39 is 0 Å². The number of hydrogen-bond acceptors (Lipinski definition) is 1. The fourth-order valence-electron chi connectivity index (χ4n) is 1.31. The molecule has 1 nitrogen and oxygen atoms in total. The second kappa shape index (κ2) is 9.73. The van der Waals surface area contributed by atoms with Crippen LogP contribution in [-0.2, 0) is 0 Å². The zero-order chi connectivity index (χ0) is 11.5. The molecule has 0 heterocycles. The van der Waals surface area contributed by atoms with Gasteiger partial charge in [-0.05, 0) is 0 Å². The summed E-state index contributed by atoms with van der Waals surface area (Å²) in [4.78, 5) is 0. The van der Waals surface area contributed by atoms with Crippen LogP contribution in [0.3, 0.4) is 0 Å². The predicted molar refractivity (Wildman–Crippen MR) is 69.4 cm³/mol. The van der Waals surface area contributed by atoms with Crippen LogP contribution in [0.25, 0.3) is 0 Å². The number of benzene rings is 1. The molecule has 0 aliphatic rings. The van der Waals surface area contributed by atoms with Crippen LogP contribution in [0.1, 0.15) is 31.2 Å². The van der Waals surface area contributed by atoms with Crippen LogP contribution in [-0.4, -0.2) is 32.6 Å². The molecule has 0 aliphatic heterocycles. The van der Waals surface area contributed by atoms with Crippen molar-refractivity contribution in [3.63, 3.8) is 0 Å². The molecule has 16 heavy (non-hydrogen) atoms. The van der Waals surface area contributed by atoms with Crippen LogP contribution in [0.5, 0.6) is 0 Å². The monoisotopic (exact) mass is 332 g/mol. The van der Waals surface area contributed by atoms with Crippen molar-refractivity contribution >= 4 is 20.9 Å². The molecule has 0 saturated heterocycles. The van der Waals surface area contributed by atoms with Crippen molar-refractivity contribution in [3.05, 3.63) is 35.9 Å². The third-order valence-electron chi connectivity index (χ3n) is 2.20. The van der Waals surface area contributed by atoms with Crippen molar-refractivity contribution in [1.29, 1.82) is 0 Å². The first-order chi connectivity index (χ1) is 7.93. The molecule has 1 N–H and O–H groups in total. The number of aliphatic hydroxyl groups is 1. The van der Waals surface area contributed by atoms with Gasteiger partial charge in [-0.3, -0.25) is 0 Å². The molecule has 2 heteroatoms. The third-order valence-corrected chi connectivity index (χ3v) is 4.31. The van der Waals surface area contributed by atoms with Gasteiger partial charge in [0.15, 0.2) is 0 Å². The maximum atomic E-state index is 8.62. The van der Waals surface area contributed by atoms with Crippen LogP contribution in [0.4, 0.5) is 0 Å². The van der Waals surface area contributed by atoms with Gasteiger partial charge in [0.05, 0.1) is 0 Å². The van der Waals surface area contributed by atoms with Gasteiger partial charge in [0.2, 0.25) is 0 Å². The Kier molecular flexibility index (Phi) is 8.27. The number of hydrogen-bond donors (Lipinski definition) is 1. The van der Waals surface area contributed by atoms with E-state index in [2.05, 4.69) is 22.0 Å². The Bertz CT molecular complexity index is 324. The Balaban J connectivity index is 2.05. The minimum absolute atomic E-state index is 0.115. The molecule has 1 rings (SSSR count). The SMILES string of the molecule is OCCCCCC[Te]C#Cc1ccccc1. The normalized spacial score (nSPS) is 9.56. The Morgan fingerprint density at radius 1 is 1.00 bits per heavy atom. The van der Waals surface area contributed by atoms with Crippen molar-refractivity contribution in [2.75, 3.05) is 6.61 Å². The molecule has 0 radical (unpaired) electrons. The van der Waals surface area contributed by atoms with E-state index in [4.69, 9.17) is 5.11 Å². The van der Waals surface area contributed by atoms with Gasteiger partial charge in [-0.15, -0.1) is 0 Å². The van der Waals surface area contributed by atoms with Crippen LogP contribution in [0.15, 0.2) is 30.3 Å². The molecule has 0 fully saturated rings. The molecule has 1 aromatic carbocycles. The van der Waals surface area contributed by atoms with Gasteiger partial charge in [-0.2, -0.15) is 0 Å². The van der Waals surface area contributed by atoms with Gasteiger partial charge in [0, 0.05) is 0 Å². The van der Waals surface area contributed by atoms with E-state index in [1.54, 1.807) is 0 Å². The van der Waals surface area contributed by atoms with Gasteiger partial charge < -0.3 is 0 Å². The topological polar surface area (TPSA) is 20.2 Å². The van der Waals surface area contributed by atoms with Crippen molar-refractivity contribution in [1.82, 2.24) is 0 Å². The fourth-order valence-corrected chi connectivity index (χ4v) is 3.14. The van der Waals surface area contributed by atoms with Crippen molar-refractivity contribution < 1.29 is 5.11 Å². The molecule has 0 amide bonds. The molecule has 0 atom stereocenters. The fraction of sp³-hybridized carbons (Fsp3) is 0.429. The second-order valence-corrected chi connectivity index (χ2v) is 6.15. The Morgan fingerprint density at radius 3 is 2.50 bits per heavy atom. The van der Waals surface area contributed by atoms with E-state index >= 15 is 0 Å². The van der Waals surface area contributed by atoms with Crippen molar-refractivity contribution in [2.24, 2.45) is 0 Å². The number of rotatable bonds is 6. The van der Waals surface area contributed by atoms with Gasteiger partial charge in [0.1, 0.15) is 0 Å². The van der Waals surface area contributed by atoms with Crippen LogP contribution >= 0.6 is 0 Å². The van der Waals surface area contributed by atoms with E-state index in [9.17, 15) is 0 Å². The summed E-state index contributed by atoms with van der Waals surface area (Å²) in [5, 5.41) is 8.62. The quantitative estimate of drug-likeness (QED) is 0.483. The summed E-state index contributed by atoms with van der Waals surface area (Å²) in [6, 6.07) is 10.2. The zero-order valence-electron chi connectivity index (χ0n) is 9.48. The molecule has 0 aliphatic carbocycles. The molecule has 0 saturated carbocycles. The van der Waals surface area contributed by atoms with E-state index in [1.165, 1.54) is 17.3 Å². The van der Waals surface area contributed by atoms with E-state index in [0.717, 1.165) is 18.4 Å². The van der Waals surface area contributed by atoms with Crippen LogP contribution in [0, 0.1) is 9.89 Å². The third kappa shape index (κ3) is 6.91. The summed E-state index contributed by atoms with van der Waals surface area (Å²) in [5.41, 5.74) is 1.13. The summed E-state index contributed by atoms with van der Waals surface area (Å²) in [5.74, 6) is 3.21. The van der Waals surface area contributed by atoms with Crippen molar-refractivity contribution in [2.45, 2.75) is 30.2 Å². The molecule has 0 bridgehead atoms. The zero-order valence-corrected chi connectivity index (χ0v) is 11.8. The first kappa shape index (κ1) is 13.6. The Labute approximate surface area is 108 Å². The summed E-state index contributed by atoms with van der Waals surface area (Å²) >= 11 is -0.115. The van der Waals surface area contributed by atoms with Gasteiger partial charge in [-0.25, -0.2) is 0 Å². The summed E-state index contributed by atoms with van der Waals surface area (Å²) in [6.07, 6.45) is 4.65. The number of unbranched alkanes of at least 4 members (excludes halogenated alkanes) is 3. The van der Waals surface area contributed by atoms with E-state index in [0.29, 0.717) is 6.61 Å². The molecule has 0 aromatic heterocycles. The van der Waals surface area contributed by atoms with Gasteiger partial charge in [-0.1, -0.05) is 0 Å². The standard InChI is InChI=1S/C14H18OTe/c15-11-6-1-2-7-12-16-13-10-14-8-4-3-5-9-14/h3-5,8-9,15H,1-2,6-7,11-12H2. The molecular formula is C14H18OTe.